The van der Waals surface area contributed by atoms with Gasteiger partial charge in [0, 0.05) is 38.6 Å². The van der Waals surface area contributed by atoms with Crippen LogP contribution in [-0.4, -0.2) is 66.3 Å². The highest BCUT2D eigenvalue weighted by Gasteiger charge is 2.42. The minimum Gasteiger partial charge on any atom is -0.339 e. The van der Waals surface area contributed by atoms with Crippen molar-refractivity contribution in [2.75, 3.05) is 33.7 Å². The van der Waals surface area contributed by atoms with Gasteiger partial charge in [0.1, 0.15) is 0 Å². The Morgan fingerprint density at radius 2 is 1.92 bits per heavy atom. The standard InChI is InChI=1S/C20H29N3O2/c1-15-6-4-5-7-16(15)13-22(11-10-21(2)3)20(25)17-12-19(24)23(14-17)18-8-9-18/h4-7,17-18H,8-14H2,1-3H3/t17-/m1/s1. The lowest BCUT2D eigenvalue weighted by atomic mass is 10.0. The molecule has 1 heterocycles. The molecule has 0 spiro atoms. The Labute approximate surface area is 150 Å². The van der Waals surface area contributed by atoms with Crippen molar-refractivity contribution in [3.05, 3.63) is 35.4 Å². The molecule has 0 aromatic heterocycles. The van der Waals surface area contributed by atoms with E-state index in [0.717, 1.165) is 19.4 Å². The van der Waals surface area contributed by atoms with E-state index in [1.807, 2.05) is 36.0 Å². The lowest BCUT2D eigenvalue weighted by Crippen LogP contribution is -2.41. The first-order valence-corrected chi connectivity index (χ1v) is 9.23. The number of hydrogen-bond acceptors (Lipinski definition) is 3. The van der Waals surface area contributed by atoms with Crippen LogP contribution in [0.1, 0.15) is 30.4 Å². The molecule has 1 aromatic rings. The molecule has 2 amide bonds. The highest BCUT2D eigenvalue weighted by Crippen LogP contribution is 2.33. The molecule has 0 unspecified atom stereocenters. The number of nitrogens with zero attached hydrogens (tertiary/aromatic N) is 3. The van der Waals surface area contributed by atoms with Crippen LogP contribution in [0.4, 0.5) is 0 Å². The summed E-state index contributed by atoms with van der Waals surface area (Å²) < 4.78 is 0. The maximum atomic E-state index is 13.1. The molecule has 1 aliphatic heterocycles. The second-order valence-electron chi connectivity index (χ2n) is 7.67. The highest BCUT2D eigenvalue weighted by atomic mass is 16.2. The van der Waals surface area contributed by atoms with Gasteiger partial charge in [-0.1, -0.05) is 24.3 Å². The minimum atomic E-state index is -0.181. The van der Waals surface area contributed by atoms with Gasteiger partial charge in [0.2, 0.25) is 11.8 Å². The molecule has 3 rings (SSSR count). The summed E-state index contributed by atoms with van der Waals surface area (Å²) in [6.07, 6.45) is 2.57. The number of carbonyl (C=O) groups excluding carboxylic acids is 2. The number of aryl methyl sites for hydroxylation is 1. The molecule has 136 valence electrons. The van der Waals surface area contributed by atoms with Crippen molar-refractivity contribution in [3.63, 3.8) is 0 Å². The predicted molar refractivity (Wildman–Crippen MR) is 98.0 cm³/mol. The third-order valence-corrected chi connectivity index (χ3v) is 5.25. The second kappa shape index (κ2) is 7.56. The number of hydrogen-bond donors (Lipinski definition) is 0. The monoisotopic (exact) mass is 343 g/mol. The molecule has 0 N–H and O–H groups in total. The topological polar surface area (TPSA) is 43.9 Å². The fourth-order valence-electron chi connectivity index (χ4n) is 3.48. The van der Waals surface area contributed by atoms with E-state index in [-0.39, 0.29) is 17.7 Å². The van der Waals surface area contributed by atoms with Crippen molar-refractivity contribution in [1.29, 1.82) is 0 Å². The summed E-state index contributed by atoms with van der Waals surface area (Å²) in [6.45, 7) is 4.82. The number of benzene rings is 1. The lowest BCUT2D eigenvalue weighted by molar-refractivity contribution is -0.136. The van der Waals surface area contributed by atoms with E-state index in [0.29, 0.717) is 32.1 Å². The number of carbonyl (C=O) groups is 2. The van der Waals surface area contributed by atoms with Gasteiger partial charge in [-0.3, -0.25) is 9.59 Å². The van der Waals surface area contributed by atoms with Crippen molar-refractivity contribution < 1.29 is 9.59 Å². The molecular weight excluding hydrogens is 314 g/mol. The van der Waals surface area contributed by atoms with Gasteiger partial charge >= 0.3 is 0 Å². The van der Waals surface area contributed by atoms with E-state index in [1.54, 1.807) is 0 Å². The molecule has 1 aromatic carbocycles. The number of likely N-dealkylation sites (tertiary alicyclic amines) is 1. The summed E-state index contributed by atoms with van der Waals surface area (Å²) in [5.74, 6) is 0.102. The average molecular weight is 343 g/mol. The Kier molecular flexibility index (Phi) is 5.42. The fourth-order valence-corrected chi connectivity index (χ4v) is 3.48. The summed E-state index contributed by atoms with van der Waals surface area (Å²) >= 11 is 0. The van der Waals surface area contributed by atoms with Gasteiger partial charge < -0.3 is 14.7 Å². The maximum Gasteiger partial charge on any atom is 0.228 e. The molecule has 1 saturated heterocycles. The van der Waals surface area contributed by atoms with Crippen molar-refractivity contribution in [2.24, 2.45) is 5.92 Å². The zero-order valence-corrected chi connectivity index (χ0v) is 15.6. The Balaban J connectivity index is 1.70. The molecule has 0 radical (unpaired) electrons. The van der Waals surface area contributed by atoms with Crippen LogP contribution in [0.3, 0.4) is 0 Å². The molecular formula is C20H29N3O2. The molecule has 0 bridgehead atoms. The van der Waals surface area contributed by atoms with Gasteiger partial charge in [-0.2, -0.15) is 0 Å². The van der Waals surface area contributed by atoms with Crippen LogP contribution in [0.2, 0.25) is 0 Å². The molecule has 1 atom stereocenters. The maximum absolute atomic E-state index is 13.1. The van der Waals surface area contributed by atoms with Crippen molar-refractivity contribution >= 4 is 11.8 Å². The minimum absolute atomic E-state index is 0.126. The van der Waals surface area contributed by atoms with Crippen LogP contribution in [0.25, 0.3) is 0 Å². The van der Waals surface area contributed by atoms with Crippen molar-refractivity contribution in [3.8, 4) is 0 Å². The van der Waals surface area contributed by atoms with Crippen LogP contribution < -0.4 is 0 Å². The Hall–Kier alpha value is -1.88. The fraction of sp³-hybridized carbons (Fsp3) is 0.600. The first-order valence-electron chi connectivity index (χ1n) is 9.23. The van der Waals surface area contributed by atoms with E-state index >= 15 is 0 Å². The Bertz CT molecular complexity index is 640. The first-order chi connectivity index (χ1) is 12.0. The molecule has 5 heteroatoms. The van der Waals surface area contributed by atoms with Crippen molar-refractivity contribution in [1.82, 2.24) is 14.7 Å². The van der Waals surface area contributed by atoms with Gasteiger partial charge in [-0.05, 0) is 45.0 Å². The summed E-state index contributed by atoms with van der Waals surface area (Å²) in [6, 6.07) is 8.61. The van der Waals surface area contributed by atoms with Crippen LogP contribution >= 0.6 is 0 Å². The molecule has 2 fully saturated rings. The number of rotatable bonds is 7. The van der Waals surface area contributed by atoms with Crippen LogP contribution in [0, 0.1) is 12.8 Å². The van der Waals surface area contributed by atoms with Gasteiger partial charge in [0.25, 0.3) is 0 Å². The van der Waals surface area contributed by atoms with E-state index in [1.165, 1.54) is 11.1 Å². The van der Waals surface area contributed by atoms with E-state index in [2.05, 4.69) is 24.0 Å². The zero-order valence-electron chi connectivity index (χ0n) is 15.6. The smallest absolute Gasteiger partial charge is 0.228 e. The lowest BCUT2D eigenvalue weighted by Gasteiger charge is -2.27. The molecule has 5 nitrogen and oxygen atoms in total. The molecule has 2 aliphatic rings. The first kappa shape index (κ1) is 17.9. The Morgan fingerprint density at radius 3 is 2.56 bits per heavy atom. The van der Waals surface area contributed by atoms with Gasteiger partial charge in [-0.15, -0.1) is 0 Å². The molecule has 25 heavy (non-hydrogen) atoms. The third-order valence-electron chi connectivity index (χ3n) is 5.25. The Morgan fingerprint density at radius 1 is 1.20 bits per heavy atom. The van der Waals surface area contributed by atoms with Gasteiger partial charge in [0.15, 0.2) is 0 Å². The van der Waals surface area contributed by atoms with Crippen LogP contribution in [0.5, 0.6) is 0 Å². The zero-order chi connectivity index (χ0) is 18.0. The van der Waals surface area contributed by atoms with Gasteiger partial charge in [-0.25, -0.2) is 0 Å². The summed E-state index contributed by atoms with van der Waals surface area (Å²) in [4.78, 5) is 31.3. The average Bonchev–Trinajstić information content (AvgIpc) is 3.34. The van der Waals surface area contributed by atoms with E-state index in [9.17, 15) is 9.59 Å². The second-order valence-corrected chi connectivity index (χ2v) is 7.67. The quantitative estimate of drug-likeness (QED) is 0.759. The van der Waals surface area contributed by atoms with Crippen molar-refractivity contribution in [2.45, 2.75) is 38.8 Å². The third kappa shape index (κ3) is 4.40. The van der Waals surface area contributed by atoms with Crippen LogP contribution in [0.15, 0.2) is 24.3 Å². The van der Waals surface area contributed by atoms with E-state index in [4.69, 9.17) is 0 Å². The normalized spacial score (nSPS) is 20.4. The number of likely N-dealkylation sites (N-methyl/N-ethyl adjacent to an activating group) is 1. The molecule has 1 aliphatic carbocycles. The highest BCUT2D eigenvalue weighted by molar-refractivity contribution is 5.89. The molecule has 1 saturated carbocycles. The summed E-state index contributed by atoms with van der Waals surface area (Å²) in [5, 5.41) is 0. The summed E-state index contributed by atoms with van der Waals surface area (Å²) in [7, 11) is 4.04. The largest absolute Gasteiger partial charge is 0.339 e. The van der Waals surface area contributed by atoms with Crippen LogP contribution in [-0.2, 0) is 16.1 Å². The predicted octanol–water partition coefficient (Wildman–Crippen LogP) is 1.90. The van der Waals surface area contributed by atoms with Gasteiger partial charge in [0.05, 0.1) is 5.92 Å². The number of amides is 2. The SMILES string of the molecule is Cc1ccccc1CN(CCN(C)C)C(=O)[C@@H]1CC(=O)N(C2CC2)C1. The summed E-state index contributed by atoms with van der Waals surface area (Å²) in [5.41, 5.74) is 2.38. The van der Waals surface area contributed by atoms with E-state index < -0.39 is 0 Å².